The van der Waals surface area contributed by atoms with Crippen LogP contribution in [0.15, 0.2) is 52.0 Å². The Balaban J connectivity index is 1.54. The van der Waals surface area contributed by atoms with Crippen molar-refractivity contribution < 1.29 is 18.9 Å². The first-order valence-corrected chi connectivity index (χ1v) is 10.9. The zero-order valence-electron chi connectivity index (χ0n) is 18.5. The van der Waals surface area contributed by atoms with Gasteiger partial charge >= 0.3 is 0 Å². The van der Waals surface area contributed by atoms with Crippen LogP contribution in [0.1, 0.15) is 56.2 Å². The van der Waals surface area contributed by atoms with Crippen molar-refractivity contribution in [3.63, 3.8) is 0 Å². The molecule has 0 saturated heterocycles. The van der Waals surface area contributed by atoms with Gasteiger partial charge in [-0.25, -0.2) is 5.43 Å². The van der Waals surface area contributed by atoms with E-state index in [-0.39, 0.29) is 17.0 Å². The van der Waals surface area contributed by atoms with E-state index in [9.17, 15) is 19.7 Å². The summed E-state index contributed by atoms with van der Waals surface area (Å²) in [6.07, 6.45) is 2.00. The summed E-state index contributed by atoms with van der Waals surface area (Å²) in [5, 5.41) is 18.4. The van der Waals surface area contributed by atoms with Crippen molar-refractivity contribution in [1.82, 2.24) is 5.43 Å². The Labute approximate surface area is 199 Å². The van der Waals surface area contributed by atoms with Crippen molar-refractivity contribution in [2.75, 3.05) is 5.32 Å². The van der Waals surface area contributed by atoms with E-state index in [1.807, 2.05) is 13.0 Å². The molecule has 2 aromatic carbocycles. The summed E-state index contributed by atoms with van der Waals surface area (Å²) < 4.78 is 5.88. The minimum Gasteiger partial charge on any atom is -0.455 e. The van der Waals surface area contributed by atoms with E-state index in [0.717, 1.165) is 12.0 Å². The molecule has 4 rings (SSSR count). The lowest BCUT2D eigenvalue weighted by Crippen LogP contribution is -2.22. The quantitative estimate of drug-likeness (QED) is 0.384. The number of hydrogen-bond donors (Lipinski definition) is 2. The highest BCUT2D eigenvalue weighted by Crippen LogP contribution is 2.30. The summed E-state index contributed by atoms with van der Waals surface area (Å²) >= 11 is 6.15. The highest BCUT2D eigenvalue weighted by molar-refractivity contribution is 6.31. The predicted molar refractivity (Wildman–Crippen MR) is 128 cm³/mol. The van der Waals surface area contributed by atoms with Crippen LogP contribution in [-0.4, -0.2) is 22.4 Å². The molecule has 1 aliphatic rings. The fourth-order valence-corrected chi connectivity index (χ4v) is 3.95. The topological polar surface area (TPSA) is 127 Å². The minimum absolute atomic E-state index is 0.104. The molecule has 1 aromatic heterocycles. The molecular weight excluding hydrogens is 460 g/mol. The van der Waals surface area contributed by atoms with Crippen molar-refractivity contribution in [1.29, 1.82) is 0 Å². The highest BCUT2D eigenvalue weighted by Gasteiger charge is 2.28. The lowest BCUT2D eigenvalue weighted by Gasteiger charge is -2.13. The maximum Gasteiger partial charge on any atom is 0.291 e. The van der Waals surface area contributed by atoms with Crippen LogP contribution in [0.25, 0.3) is 0 Å². The minimum atomic E-state index is -0.533. The standard InChI is InChI=1S/C24H21ClN4O5/c1-13-6-9-16(12-18(13)25)26-24(31)22-14(2)21-19(4-3-5-20(21)34-22)27-28-23(30)15-7-10-17(11-8-15)29(32)33/h6-12H,3-5H2,1-2H3,(H,26,31)(H,28,30)/b27-19+. The average molecular weight is 481 g/mol. The van der Waals surface area contributed by atoms with E-state index < -0.39 is 16.7 Å². The molecule has 0 fully saturated rings. The molecular formula is C24H21ClN4O5. The van der Waals surface area contributed by atoms with Crippen molar-refractivity contribution in [3.8, 4) is 0 Å². The average Bonchev–Trinajstić information content (AvgIpc) is 3.17. The Bertz CT molecular complexity index is 1330. The van der Waals surface area contributed by atoms with Gasteiger partial charge in [0.2, 0.25) is 0 Å². The van der Waals surface area contributed by atoms with Gasteiger partial charge in [-0.1, -0.05) is 17.7 Å². The molecule has 10 heteroatoms. The number of benzene rings is 2. The summed E-state index contributed by atoms with van der Waals surface area (Å²) in [6.45, 7) is 3.65. The zero-order valence-corrected chi connectivity index (χ0v) is 19.2. The molecule has 2 N–H and O–H groups in total. The molecule has 0 aliphatic heterocycles. The van der Waals surface area contributed by atoms with E-state index >= 15 is 0 Å². The van der Waals surface area contributed by atoms with E-state index in [1.54, 1.807) is 19.1 Å². The maximum atomic E-state index is 12.9. The number of carbonyl (C=O) groups is 2. The molecule has 1 heterocycles. The van der Waals surface area contributed by atoms with Crippen LogP contribution in [-0.2, 0) is 6.42 Å². The van der Waals surface area contributed by atoms with Crippen LogP contribution in [0, 0.1) is 24.0 Å². The second-order valence-electron chi connectivity index (χ2n) is 7.93. The lowest BCUT2D eigenvalue weighted by atomic mass is 9.93. The normalized spacial score (nSPS) is 13.9. The van der Waals surface area contributed by atoms with Gasteiger partial charge in [-0.15, -0.1) is 0 Å². The highest BCUT2D eigenvalue weighted by atomic mass is 35.5. The summed E-state index contributed by atoms with van der Waals surface area (Å²) in [5.41, 5.74) is 6.04. The number of halogens is 1. The Hall–Kier alpha value is -3.98. The summed E-state index contributed by atoms with van der Waals surface area (Å²) in [7, 11) is 0. The van der Waals surface area contributed by atoms with Gasteiger partial charge in [-0.05, 0) is 56.5 Å². The van der Waals surface area contributed by atoms with Crippen molar-refractivity contribution >= 4 is 40.5 Å². The third kappa shape index (κ3) is 4.69. The zero-order chi connectivity index (χ0) is 24.4. The van der Waals surface area contributed by atoms with Crippen molar-refractivity contribution in [3.05, 3.63) is 91.4 Å². The van der Waals surface area contributed by atoms with E-state index in [2.05, 4.69) is 15.8 Å². The third-order valence-corrected chi connectivity index (χ3v) is 6.00. The number of aryl methyl sites for hydroxylation is 2. The number of nitrogens with zero attached hydrogens (tertiary/aromatic N) is 2. The fourth-order valence-electron chi connectivity index (χ4n) is 3.77. The van der Waals surface area contributed by atoms with Gasteiger partial charge in [0.1, 0.15) is 5.76 Å². The first-order valence-electron chi connectivity index (χ1n) is 10.6. The van der Waals surface area contributed by atoms with Gasteiger partial charge in [-0.3, -0.25) is 19.7 Å². The number of non-ortho nitro benzene ring substituents is 1. The number of amides is 2. The first kappa shape index (κ1) is 23.2. The van der Waals surface area contributed by atoms with Crippen molar-refractivity contribution in [2.24, 2.45) is 5.10 Å². The third-order valence-electron chi connectivity index (χ3n) is 5.59. The Kier molecular flexibility index (Phi) is 6.47. The van der Waals surface area contributed by atoms with Crippen molar-refractivity contribution in [2.45, 2.75) is 33.1 Å². The van der Waals surface area contributed by atoms with Crippen LogP contribution in [0.2, 0.25) is 5.02 Å². The maximum absolute atomic E-state index is 12.9. The summed E-state index contributed by atoms with van der Waals surface area (Å²) in [6, 6.07) is 10.5. The number of nitro benzene ring substituents is 1. The molecule has 34 heavy (non-hydrogen) atoms. The van der Waals surface area contributed by atoms with E-state index in [1.165, 1.54) is 24.3 Å². The molecule has 0 unspecified atom stereocenters. The predicted octanol–water partition coefficient (Wildman–Crippen LogP) is 5.18. The molecule has 0 bridgehead atoms. The lowest BCUT2D eigenvalue weighted by molar-refractivity contribution is -0.384. The van der Waals surface area contributed by atoms with Gasteiger partial charge in [0.25, 0.3) is 17.5 Å². The van der Waals surface area contributed by atoms with Crippen LogP contribution in [0.4, 0.5) is 11.4 Å². The Morgan fingerprint density at radius 1 is 1.09 bits per heavy atom. The monoisotopic (exact) mass is 480 g/mol. The molecule has 1 aliphatic carbocycles. The number of nitrogens with one attached hydrogen (secondary N) is 2. The molecule has 0 saturated carbocycles. The fraction of sp³-hybridized carbons (Fsp3) is 0.208. The van der Waals surface area contributed by atoms with Gasteiger partial charge in [-0.2, -0.15) is 5.10 Å². The van der Waals surface area contributed by atoms with Gasteiger partial charge in [0.15, 0.2) is 5.76 Å². The number of carbonyl (C=O) groups excluding carboxylic acids is 2. The number of hydrogen-bond acceptors (Lipinski definition) is 6. The molecule has 174 valence electrons. The molecule has 9 nitrogen and oxygen atoms in total. The first-order chi connectivity index (χ1) is 16.2. The number of rotatable bonds is 5. The summed E-state index contributed by atoms with van der Waals surface area (Å²) in [5.74, 6) is -0.0804. The number of hydrazone groups is 1. The largest absolute Gasteiger partial charge is 0.455 e. The van der Waals surface area contributed by atoms with Gasteiger partial charge in [0.05, 0.1) is 10.6 Å². The van der Waals surface area contributed by atoms with E-state index in [4.69, 9.17) is 16.0 Å². The summed E-state index contributed by atoms with van der Waals surface area (Å²) in [4.78, 5) is 35.6. The van der Waals surface area contributed by atoms with Crippen LogP contribution < -0.4 is 10.7 Å². The Morgan fingerprint density at radius 2 is 1.82 bits per heavy atom. The Morgan fingerprint density at radius 3 is 2.50 bits per heavy atom. The van der Waals surface area contributed by atoms with Gasteiger partial charge in [0, 0.05) is 46.0 Å². The molecule has 3 aromatic rings. The van der Waals surface area contributed by atoms with Crippen LogP contribution in [0.3, 0.4) is 0 Å². The number of furan rings is 1. The SMILES string of the molecule is Cc1ccc(NC(=O)c2oc3c(c2C)/C(=N/NC(=O)c2ccc([N+](=O)[O-])cc2)CCC3)cc1Cl. The number of nitro groups is 1. The number of anilines is 1. The molecule has 0 spiro atoms. The van der Waals surface area contributed by atoms with Crippen LogP contribution in [0.5, 0.6) is 0 Å². The molecule has 2 amide bonds. The second-order valence-corrected chi connectivity index (χ2v) is 8.34. The van der Waals surface area contributed by atoms with Gasteiger partial charge < -0.3 is 9.73 Å². The van der Waals surface area contributed by atoms with Crippen LogP contribution >= 0.6 is 11.6 Å². The smallest absolute Gasteiger partial charge is 0.291 e. The molecule has 0 atom stereocenters. The van der Waals surface area contributed by atoms with E-state index in [0.29, 0.717) is 46.2 Å². The molecule has 0 radical (unpaired) electrons. The number of fused-ring (bicyclic) bond motifs is 1. The second kappa shape index (κ2) is 9.48.